The summed E-state index contributed by atoms with van der Waals surface area (Å²) in [6.45, 7) is 0. The third-order valence-corrected chi connectivity index (χ3v) is 5.92. The Labute approximate surface area is 204 Å². The van der Waals surface area contributed by atoms with Gasteiger partial charge in [0.1, 0.15) is 11.9 Å². The third-order valence-electron chi connectivity index (χ3n) is 5.92. The summed E-state index contributed by atoms with van der Waals surface area (Å²) in [7, 11) is 3.09. The first-order valence-corrected chi connectivity index (χ1v) is 11.4. The zero-order chi connectivity index (χ0) is 25.2. The first-order chi connectivity index (χ1) is 16.9. The molecule has 4 rings (SSSR count). The van der Waals surface area contributed by atoms with E-state index in [9.17, 15) is 14.7 Å². The van der Waals surface area contributed by atoms with E-state index in [1.54, 1.807) is 61.7 Å². The molecule has 0 aliphatic heterocycles. The highest BCUT2D eigenvalue weighted by Gasteiger charge is 2.32. The van der Waals surface area contributed by atoms with Gasteiger partial charge in [-0.05, 0) is 49.6 Å². The van der Waals surface area contributed by atoms with Gasteiger partial charge in [-0.15, -0.1) is 0 Å². The van der Waals surface area contributed by atoms with E-state index in [-0.39, 0.29) is 23.7 Å². The van der Waals surface area contributed by atoms with E-state index >= 15 is 0 Å². The number of carboxylic acid groups (broad SMARTS) is 1. The highest BCUT2D eigenvalue weighted by Crippen LogP contribution is 2.43. The number of hydrogen-bond acceptors (Lipinski definition) is 6. The molecule has 2 unspecified atom stereocenters. The van der Waals surface area contributed by atoms with Gasteiger partial charge < -0.3 is 24.4 Å². The Morgan fingerprint density at radius 3 is 1.91 bits per heavy atom. The van der Waals surface area contributed by atoms with Gasteiger partial charge in [0.05, 0.1) is 25.3 Å². The molecule has 184 valence electrons. The lowest BCUT2D eigenvalue weighted by Gasteiger charge is -2.32. The van der Waals surface area contributed by atoms with E-state index in [4.69, 9.17) is 19.3 Å². The van der Waals surface area contributed by atoms with Crippen LogP contribution in [0.4, 0.5) is 0 Å². The van der Waals surface area contributed by atoms with Crippen molar-refractivity contribution in [3.05, 3.63) is 89.5 Å². The summed E-state index contributed by atoms with van der Waals surface area (Å²) >= 11 is 0. The highest BCUT2D eigenvalue weighted by molar-refractivity contribution is 5.89. The molecule has 1 fully saturated rings. The van der Waals surface area contributed by atoms with E-state index < -0.39 is 5.97 Å². The zero-order valence-electron chi connectivity index (χ0n) is 19.8. The van der Waals surface area contributed by atoms with Gasteiger partial charge >= 0.3 is 11.9 Å². The second kappa shape index (κ2) is 12.5. The number of aromatic hydroxyl groups is 1. The van der Waals surface area contributed by atoms with Crippen LogP contribution in [0.2, 0.25) is 0 Å². The number of ether oxygens (including phenoxy) is 3. The van der Waals surface area contributed by atoms with E-state index in [2.05, 4.69) is 0 Å². The van der Waals surface area contributed by atoms with Gasteiger partial charge in [-0.2, -0.15) is 0 Å². The molecule has 1 aliphatic carbocycles. The number of phenols is 1. The van der Waals surface area contributed by atoms with Crippen LogP contribution in [0.1, 0.15) is 57.9 Å². The third kappa shape index (κ3) is 6.76. The minimum atomic E-state index is -0.879. The smallest absolute Gasteiger partial charge is 0.338 e. The molecule has 0 radical (unpaired) electrons. The number of carbonyl (C=O) groups is 2. The van der Waals surface area contributed by atoms with Gasteiger partial charge in [0.15, 0.2) is 11.5 Å². The van der Waals surface area contributed by atoms with E-state index in [1.807, 2.05) is 18.2 Å². The molecule has 2 N–H and O–H groups in total. The zero-order valence-corrected chi connectivity index (χ0v) is 19.8. The molecule has 2 atom stereocenters. The first-order valence-electron chi connectivity index (χ1n) is 11.4. The number of aromatic carboxylic acids is 1. The van der Waals surface area contributed by atoms with E-state index in [1.165, 1.54) is 7.11 Å². The summed E-state index contributed by atoms with van der Waals surface area (Å²) in [5, 5.41) is 18.6. The fraction of sp³-hybridized carbons (Fsp3) is 0.286. The van der Waals surface area contributed by atoms with Gasteiger partial charge in [0, 0.05) is 17.5 Å². The van der Waals surface area contributed by atoms with Crippen LogP contribution in [0.25, 0.3) is 0 Å². The van der Waals surface area contributed by atoms with Crippen LogP contribution >= 0.6 is 0 Å². The molecule has 1 saturated carbocycles. The summed E-state index contributed by atoms with van der Waals surface area (Å²) < 4.78 is 16.5. The molecule has 35 heavy (non-hydrogen) atoms. The number of methoxy groups -OCH3 is 2. The van der Waals surface area contributed by atoms with Crippen molar-refractivity contribution >= 4 is 11.9 Å². The lowest BCUT2D eigenvalue weighted by molar-refractivity contribution is 0.0139. The molecule has 3 aromatic rings. The quantitative estimate of drug-likeness (QED) is 0.440. The summed E-state index contributed by atoms with van der Waals surface area (Å²) in [6, 6.07) is 20.6. The predicted octanol–water partition coefficient (Wildman–Crippen LogP) is 5.68. The summed E-state index contributed by atoms with van der Waals surface area (Å²) in [6.07, 6.45) is 3.46. The number of carboxylic acids is 1. The van der Waals surface area contributed by atoms with Crippen molar-refractivity contribution < 1.29 is 34.0 Å². The van der Waals surface area contributed by atoms with Gasteiger partial charge in [0.2, 0.25) is 0 Å². The standard InChI is InChI=1S/C21H24O5.C7H6O2/c1-24-19-13-20(25-2)17(22)12-16(19)15-10-6-7-11-18(15)26-21(23)14-8-4-3-5-9-14;8-7(9)6-4-2-1-3-5-6/h3-5,8-9,12-13,15,18,22H,6-7,10-11H2,1-2H3;1-5H,(H,8,9). The van der Waals surface area contributed by atoms with Crippen LogP contribution < -0.4 is 9.47 Å². The van der Waals surface area contributed by atoms with Crippen molar-refractivity contribution in [1.82, 2.24) is 0 Å². The Hall–Kier alpha value is -4.00. The van der Waals surface area contributed by atoms with Crippen molar-refractivity contribution in [2.75, 3.05) is 14.2 Å². The van der Waals surface area contributed by atoms with Crippen molar-refractivity contribution in [1.29, 1.82) is 0 Å². The normalized spacial score (nSPS) is 16.9. The molecule has 1 aliphatic rings. The Bertz CT molecular complexity index is 1110. The SMILES string of the molecule is COc1cc(OC)c(C2CCCCC2OC(=O)c2ccccc2)cc1O.O=C(O)c1ccccc1. The Morgan fingerprint density at radius 2 is 1.37 bits per heavy atom. The maximum atomic E-state index is 12.5. The van der Waals surface area contributed by atoms with E-state index in [0.717, 1.165) is 31.2 Å². The highest BCUT2D eigenvalue weighted by atomic mass is 16.5. The summed E-state index contributed by atoms with van der Waals surface area (Å²) in [4.78, 5) is 22.7. The number of rotatable bonds is 6. The lowest BCUT2D eigenvalue weighted by atomic mass is 9.81. The molecular weight excluding hydrogens is 448 g/mol. The average molecular weight is 479 g/mol. The number of phenolic OH excluding ortho intramolecular Hbond substituents is 1. The first kappa shape index (κ1) is 25.6. The lowest BCUT2D eigenvalue weighted by Crippen LogP contribution is -2.29. The van der Waals surface area contributed by atoms with Crippen LogP contribution in [0, 0.1) is 0 Å². The number of benzene rings is 3. The summed E-state index contributed by atoms with van der Waals surface area (Å²) in [5.74, 6) is -0.175. The van der Waals surface area contributed by atoms with Gasteiger partial charge in [-0.25, -0.2) is 9.59 Å². The second-order valence-corrected chi connectivity index (χ2v) is 8.14. The average Bonchev–Trinajstić information content (AvgIpc) is 2.90. The number of esters is 1. The molecule has 0 heterocycles. The maximum absolute atomic E-state index is 12.5. The molecular formula is C28H30O7. The molecule has 7 nitrogen and oxygen atoms in total. The number of carbonyl (C=O) groups excluding carboxylic acids is 1. The van der Waals surface area contributed by atoms with Gasteiger partial charge in [0.25, 0.3) is 0 Å². The minimum Gasteiger partial charge on any atom is -0.504 e. The minimum absolute atomic E-state index is 0.0248. The number of hydrogen-bond donors (Lipinski definition) is 2. The monoisotopic (exact) mass is 478 g/mol. The van der Waals surface area contributed by atoms with Crippen LogP contribution in [-0.2, 0) is 4.74 Å². The van der Waals surface area contributed by atoms with Crippen LogP contribution in [0.5, 0.6) is 17.2 Å². The van der Waals surface area contributed by atoms with Crippen LogP contribution in [0.15, 0.2) is 72.8 Å². The van der Waals surface area contributed by atoms with Gasteiger partial charge in [-0.3, -0.25) is 0 Å². The van der Waals surface area contributed by atoms with Crippen LogP contribution in [-0.4, -0.2) is 42.5 Å². The Morgan fingerprint density at radius 1 is 0.800 bits per heavy atom. The maximum Gasteiger partial charge on any atom is 0.338 e. The van der Waals surface area contributed by atoms with Crippen molar-refractivity contribution in [3.8, 4) is 17.2 Å². The second-order valence-electron chi connectivity index (χ2n) is 8.14. The molecule has 0 bridgehead atoms. The largest absolute Gasteiger partial charge is 0.504 e. The van der Waals surface area contributed by atoms with Crippen LogP contribution in [0.3, 0.4) is 0 Å². The molecule has 0 spiro atoms. The Kier molecular flexibility index (Phi) is 9.12. The fourth-order valence-electron chi connectivity index (χ4n) is 4.15. The topological polar surface area (TPSA) is 102 Å². The van der Waals surface area contributed by atoms with Crippen molar-refractivity contribution in [2.24, 2.45) is 0 Å². The predicted molar refractivity (Wildman–Crippen MR) is 131 cm³/mol. The molecule has 7 heteroatoms. The van der Waals surface area contributed by atoms with Gasteiger partial charge in [-0.1, -0.05) is 42.8 Å². The molecule has 0 amide bonds. The molecule has 0 saturated heterocycles. The fourth-order valence-corrected chi connectivity index (χ4v) is 4.15. The van der Waals surface area contributed by atoms with E-state index in [0.29, 0.717) is 22.6 Å². The molecule has 3 aromatic carbocycles. The van der Waals surface area contributed by atoms with Crippen molar-refractivity contribution in [3.63, 3.8) is 0 Å². The Balaban J connectivity index is 0.000000320. The van der Waals surface area contributed by atoms with Crippen molar-refractivity contribution in [2.45, 2.75) is 37.7 Å². The summed E-state index contributed by atoms with van der Waals surface area (Å²) in [5.41, 5.74) is 1.72. The molecule has 0 aromatic heterocycles.